The quantitative estimate of drug-likeness (QED) is 0.772. The van der Waals surface area contributed by atoms with Crippen molar-refractivity contribution < 1.29 is 19.4 Å². The first-order valence-corrected chi connectivity index (χ1v) is 7.95. The highest BCUT2D eigenvalue weighted by atomic mass is 32.2. The Morgan fingerprint density at radius 2 is 1.95 bits per heavy atom. The van der Waals surface area contributed by atoms with Gasteiger partial charge in [-0.05, 0) is 38.2 Å². The number of thioether (sulfide) groups is 1. The molecule has 2 N–H and O–H groups in total. The van der Waals surface area contributed by atoms with E-state index in [9.17, 15) is 9.59 Å². The fourth-order valence-electron chi connectivity index (χ4n) is 2.48. The number of ether oxygens (including phenoxy) is 1. The zero-order chi connectivity index (χ0) is 14.6. The fourth-order valence-corrected chi connectivity index (χ4v) is 2.95. The molecule has 1 aliphatic rings. The van der Waals surface area contributed by atoms with Crippen molar-refractivity contribution in [3.05, 3.63) is 0 Å². The molecule has 0 radical (unpaired) electrons. The zero-order valence-corrected chi connectivity index (χ0v) is 12.7. The topological polar surface area (TPSA) is 75.6 Å². The fraction of sp³-hybridized carbons (Fsp3) is 0.846. The minimum atomic E-state index is -0.977. The van der Waals surface area contributed by atoms with E-state index < -0.39 is 12.0 Å². The molecule has 0 aromatic carbocycles. The van der Waals surface area contributed by atoms with E-state index in [0.717, 1.165) is 0 Å². The summed E-state index contributed by atoms with van der Waals surface area (Å²) in [4.78, 5) is 23.4. The molecule has 110 valence electrons. The van der Waals surface area contributed by atoms with Gasteiger partial charge in [0, 0.05) is 0 Å². The first kappa shape index (κ1) is 16.3. The first-order valence-electron chi connectivity index (χ1n) is 6.56. The van der Waals surface area contributed by atoms with Crippen LogP contribution in [-0.2, 0) is 14.3 Å². The Bertz CT molecular complexity index is 337. The Morgan fingerprint density at radius 3 is 2.37 bits per heavy atom. The van der Waals surface area contributed by atoms with Gasteiger partial charge in [0.2, 0.25) is 5.91 Å². The second-order valence-electron chi connectivity index (χ2n) is 5.11. The van der Waals surface area contributed by atoms with Gasteiger partial charge in [0.25, 0.3) is 0 Å². The summed E-state index contributed by atoms with van der Waals surface area (Å²) >= 11 is 1.57. The van der Waals surface area contributed by atoms with Crippen LogP contribution in [0.25, 0.3) is 0 Å². The van der Waals surface area contributed by atoms with Crippen molar-refractivity contribution in [1.29, 1.82) is 0 Å². The molecule has 5 atom stereocenters. The Labute approximate surface area is 118 Å². The average molecular weight is 289 g/mol. The monoisotopic (exact) mass is 289 g/mol. The highest BCUT2D eigenvalue weighted by molar-refractivity contribution is 7.98. The molecular formula is C13H23NO4S. The summed E-state index contributed by atoms with van der Waals surface area (Å²) in [5.74, 6) is -0.649. The number of nitrogens with one attached hydrogen (secondary N) is 1. The molecule has 0 aromatic rings. The number of amides is 1. The Balaban J connectivity index is 2.63. The lowest BCUT2D eigenvalue weighted by Gasteiger charge is -2.21. The second-order valence-corrected chi connectivity index (χ2v) is 6.10. The van der Waals surface area contributed by atoms with Gasteiger partial charge < -0.3 is 15.2 Å². The number of carbonyl (C=O) groups is 2. The molecule has 19 heavy (non-hydrogen) atoms. The average Bonchev–Trinajstić information content (AvgIpc) is 2.58. The van der Waals surface area contributed by atoms with Gasteiger partial charge in [0.05, 0.1) is 18.1 Å². The predicted octanol–water partition coefficient (Wildman–Crippen LogP) is 1.37. The number of carboxylic acid groups (broad SMARTS) is 1. The summed E-state index contributed by atoms with van der Waals surface area (Å²) in [5.41, 5.74) is 0. The van der Waals surface area contributed by atoms with Crippen LogP contribution < -0.4 is 5.32 Å². The molecule has 6 heteroatoms. The first-order chi connectivity index (χ1) is 8.88. The molecule has 0 spiro atoms. The van der Waals surface area contributed by atoms with Gasteiger partial charge in [-0.3, -0.25) is 4.79 Å². The molecule has 0 aliphatic carbocycles. The number of carboxylic acids is 1. The zero-order valence-electron chi connectivity index (χ0n) is 11.9. The summed E-state index contributed by atoms with van der Waals surface area (Å²) in [5, 5.41) is 11.8. The highest BCUT2D eigenvalue weighted by Gasteiger charge is 2.42. The van der Waals surface area contributed by atoms with Gasteiger partial charge in [-0.15, -0.1) is 0 Å². The van der Waals surface area contributed by atoms with Crippen molar-refractivity contribution in [2.24, 2.45) is 11.8 Å². The van der Waals surface area contributed by atoms with Gasteiger partial charge >= 0.3 is 5.97 Å². The van der Waals surface area contributed by atoms with Crippen molar-refractivity contribution in [3.63, 3.8) is 0 Å². The Hall–Kier alpha value is -0.750. The predicted molar refractivity (Wildman–Crippen MR) is 75.2 cm³/mol. The van der Waals surface area contributed by atoms with E-state index in [1.807, 2.05) is 27.0 Å². The lowest BCUT2D eigenvalue weighted by molar-refractivity contribution is -0.143. The van der Waals surface area contributed by atoms with Crippen LogP contribution in [0.5, 0.6) is 0 Å². The van der Waals surface area contributed by atoms with E-state index in [1.165, 1.54) is 0 Å². The third-order valence-electron chi connectivity index (χ3n) is 3.77. The minimum Gasteiger partial charge on any atom is -0.480 e. The molecule has 1 rings (SSSR count). The lowest BCUT2D eigenvalue weighted by atomic mass is 9.88. The standard InChI is InChI=1S/C13H23NO4S/c1-7-8(2)18-9(3)11(7)12(15)14-10(13(16)17)5-6-19-4/h7-11H,5-6H2,1-4H3,(H,14,15)(H,16,17)/t7?,8?,9?,10-,11?/m0/s1. The summed E-state index contributed by atoms with van der Waals surface area (Å²) in [6.07, 6.45) is 2.21. The summed E-state index contributed by atoms with van der Waals surface area (Å²) < 4.78 is 5.62. The van der Waals surface area contributed by atoms with Crippen LogP contribution in [-0.4, -0.2) is 47.2 Å². The summed E-state index contributed by atoms with van der Waals surface area (Å²) in [7, 11) is 0. The van der Waals surface area contributed by atoms with Crippen molar-refractivity contribution in [2.45, 2.75) is 45.4 Å². The number of hydrogen-bond acceptors (Lipinski definition) is 4. The molecule has 0 saturated carbocycles. The number of aliphatic carboxylic acids is 1. The van der Waals surface area contributed by atoms with Crippen LogP contribution in [0.3, 0.4) is 0 Å². The van der Waals surface area contributed by atoms with Crippen molar-refractivity contribution in [2.75, 3.05) is 12.0 Å². The maximum Gasteiger partial charge on any atom is 0.326 e. The third kappa shape index (κ3) is 4.11. The van der Waals surface area contributed by atoms with E-state index >= 15 is 0 Å². The van der Waals surface area contributed by atoms with Gasteiger partial charge in [0.1, 0.15) is 6.04 Å². The lowest BCUT2D eigenvalue weighted by Crippen LogP contribution is -2.46. The molecule has 1 fully saturated rings. The van der Waals surface area contributed by atoms with E-state index in [4.69, 9.17) is 9.84 Å². The molecule has 5 nitrogen and oxygen atoms in total. The van der Waals surface area contributed by atoms with Gasteiger partial charge in [-0.2, -0.15) is 11.8 Å². The van der Waals surface area contributed by atoms with E-state index in [1.54, 1.807) is 11.8 Å². The third-order valence-corrected chi connectivity index (χ3v) is 4.41. The van der Waals surface area contributed by atoms with Crippen LogP contribution >= 0.6 is 11.8 Å². The molecule has 4 unspecified atom stereocenters. The molecule has 0 aromatic heterocycles. The molecule has 1 aliphatic heterocycles. The molecular weight excluding hydrogens is 266 g/mol. The smallest absolute Gasteiger partial charge is 0.326 e. The van der Waals surface area contributed by atoms with E-state index in [-0.39, 0.29) is 30.0 Å². The second kappa shape index (κ2) is 7.14. The normalized spacial score (nSPS) is 32.0. The summed E-state index contributed by atoms with van der Waals surface area (Å²) in [6.45, 7) is 5.77. The van der Waals surface area contributed by atoms with Crippen LogP contribution in [0.4, 0.5) is 0 Å². The number of hydrogen-bond donors (Lipinski definition) is 2. The van der Waals surface area contributed by atoms with Gasteiger partial charge in [0.15, 0.2) is 0 Å². The molecule has 1 amide bonds. The van der Waals surface area contributed by atoms with Crippen LogP contribution in [0.1, 0.15) is 27.2 Å². The minimum absolute atomic E-state index is 0.0280. The molecule has 0 bridgehead atoms. The van der Waals surface area contributed by atoms with Crippen molar-refractivity contribution in [3.8, 4) is 0 Å². The van der Waals surface area contributed by atoms with Crippen molar-refractivity contribution in [1.82, 2.24) is 5.32 Å². The molecule has 1 saturated heterocycles. The van der Waals surface area contributed by atoms with Crippen LogP contribution in [0.2, 0.25) is 0 Å². The maximum atomic E-state index is 12.2. The van der Waals surface area contributed by atoms with Gasteiger partial charge in [-0.25, -0.2) is 4.79 Å². The van der Waals surface area contributed by atoms with Crippen LogP contribution in [0.15, 0.2) is 0 Å². The number of carbonyl (C=O) groups excluding carboxylic acids is 1. The molecule has 1 heterocycles. The van der Waals surface area contributed by atoms with Gasteiger partial charge in [-0.1, -0.05) is 6.92 Å². The highest BCUT2D eigenvalue weighted by Crippen LogP contribution is 2.32. The van der Waals surface area contributed by atoms with E-state index in [2.05, 4.69) is 5.32 Å². The summed E-state index contributed by atoms with van der Waals surface area (Å²) in [6, 6.07) is -0.810. The largest absolute Gasteiger partial charge is 0.480 e. The van der Waals surface area contributed by atoms with Crippen molar-refractivity contribution >= 4 is 23.6 Å². The number of rotatable bonds is 6. The Kier molecular flexibility index (Phi) is 6.13. The maximum absolute atomic E-state index is 12.2. The van der Waals surface area contributed by atoms with E-state index in [0.29, 0.717) is 12.2 Å². The van der Waals surface area contributed by atoms with Crippen LogP contribution in [0, 0.1) is 11.8 Å². The SMILES string of the molecule is CSCC[C@H](NC(=O)C1C(C)OC(C)C1C)C(=O)O. The Morgan fingerprint density at radius 1 is 1.32 bits per heavy atom.